The Bertz CT molecular complexity index is 484. The van der Waals surface area contributed by atoms with Gasteiger partial charge >= 0.3 is 0 Å². The molecule has 0 aliphatic carbocycles. The number of hydrogen-bond acceptors (Lipinski definition) is 2. The van der Waals surface area contributed by atoms with Gasteiger partial charge in [-0.15, -0.1) is 0 Å². The first-order valence-corrected chi connectivity index (χ1v) is 7.45. The lowest BCUT2D eigenvalue weighted by atomic mass is 10.0. The van der Waals surface area contributed by atoms with Crippen LogP contribution in [0.5, 0.6) is 0 Å². The van der Waals surface area contributed by atoms with Gasteiger partial charge in [-0.25, -0.2) is 0 Å². The van der Waals surface area contributed by atoms with E-state index < -0.39 is 0 Å². The van der Waals surface area contributed by atoms with Gasteiger partial charge in [-0.3, -0.25) is 0 Å². The lowest BCUT2D eigenvalue weighted by molar-refractivity contribution is 0.590. The van der Waals surface area contributed by atoms with Crippen molar-refractivity contribution in [2.75, 3.05) is 7.05 Å². The molecule has 90 valence electrons. The third-order valence-electron chi connectivity index (χ3n) is 2.70. The lowest BCUT2D eigenvalue weighted by Crippen LogP contribution is -2.19. The number of thiophene rings is 1. The standard InChI is InChI=1S/C13H13BrClNS/c1-16-13(6-9-4-5-17-8-9)11-7-10(15)2-3-12(11)14/h2-5,7-8,13,16H,6H2,1H3. The molecule has 0 saturated carbocycles. The van der Waals surface area contributed by atoms with Gasteiger partial charge in [-0.1, -0.05) is 27.5 Å². The molecule has 2 rings (SSSR count). The number of rotatable bonds is 4. The van der Waals surface area contributed by atoms with E-state index in [-0.39, 0.29) is 6.04 Å². The molecule has 1 unspecified atom stereocenters. The summed E-state index contributed by atoms with van der Waals surface area (Å²) in [6.07, 6.45) is 0.971. The van der Waals surface area contributed by atoms with E-state index in [4.69, 9.17) is 11.6 Å². The molecule has 0 fully saturated rings. The highest BCUT2D eigenvalue weighted by Gasteiger charge is 2.14. The van der Waals surface area contributed by atoms with Crippen molar-refractivity contribution in [2.24, 2.45) is 0 Å². The molecule has 0 spiro atoms. The number of hydrogen-bond donors (Lipinski definition) is 1. The van der Waals surface area contributed by atoms with E-state index in [0.29, 0.717) is 0 Å². The zero-order chi connectivity index (χ0) is 12.3. The second kappa shape index (κ2) is 6.01. The van der Waals surface area contributed by atoms with E-state index in [1.807, 2.05) is 25.2 Å². The Morgan fingerprint density at radius 1 is 1.41 bits per heavy atom. The van der Waals surface area contributed by atoms with Crippen LogP contribution in [0.4, 0.5) is 0 Å². The van der Waals surface area contributed by atoms with E-state index in [9.17, 15) is 0 Å². The minimum absolute atomic E-state index is 0.276. The van der Waals surface area contributed by atoms with Crippen LogP contribution in [0.1, 0.15) is 17.2 Å². The predicted octanol–water partition coefficient (Wildman–Crippen LogP) is 4.67. The Morgan fingerprint density at radius 3 is 2.88 bits per heavy atom. The third kappa shape index (κ3) is 3.32. The van der Waals surface area contributed by atoms with E-state index in [1.54, 1.807) is 11.3 Å². The SMILES string of the molecule is CNC(Cc1ccsc1)c1cc(Cl)ccc1Br. The summed E-state index contributed by atoms with van der Waals surface area (Å²) in [5, 5.41) is 8.40. The molecule has 0 amide bonds. The van der Waals surface area contributed by atoms with Crippen molar-refractivity contribution in [1.29, 1.82) is 0 Å². The molecule has 17 heavy (non-hydrogen) atoms. The molecule has 0 bridgehead atoms. The van der Waals surface area contributed by atoms with Crippen LogP contribution >= 0.6 is 38.9 Å². The largest absolute Gasteiger partial charge is 0.313 e. The van der Waals surface area contributed by atoms with Gasteiger partial charge in [0.05, 0.1) is 0 Å². The van der Waals surface area contributed by atoms with Crippen molar-refractivity contribution >= 4 is 38.9 Å². The van der Waals surface area contributed by atoms with Gasteiger partial charge < -0.3 is 5.32 Å². The topological polar surface area (TPSA) is 12.0 Å². The van der Waals surface area contributed by atoms with Crippen LogP contribution in [-0.4, -0.2) is 7.05 Å². The van der Waals surface area contributed by atoms with Gasteiger partial charge in [0, 0.05) is 15.5 Å². The summed E-state index contributed by atoms with van der Waals surface area (Å²) in [5.74, 6) is 0. The van der Waals surface area contributed by atoms with Crippen LogP contribution < -0.4 is 5.32 Å². The molecule has 0 aliphatic heterocycles. The Kier molecular flexibility index (Phi) is 4.62. The zero-order valence-corrected chi connectivity index (χ0v) is 12.6. The molecule has 1 heterocycles. The first kappa shape index (κ1) is 13.1. The third-order valence-corrected chi connectivity index (χ3v) is 4.39. The molecule has 1 aromatic heterocycles. The van der Waals surface area contributed by atoms with Gasteiger partial charge in [0.1, 0.15) is 0 Å². The monoisotopic (exact) mass is 329 g/mol. The van der Waals surface area contributed by atoms with Crippen molar-refractivity contribution in [3.05, 3.63) is 55.6 Å². The van der Waals surface area contributed by atoms with Crippen LogP contribution in [0.2, 0.25) is 5.02 Å². The maximum Gasteiger partial charge on any atom is 0.0410 e. The molecule has 0 radical (unpaired) electrons. The number of benzene rings is 1. The molecule has 1 atom stereocenters. The van der Waals surface area contributed by atoms with Gasteiger partial charge in [0.2, 0.25) is 0 Å². The first-order valence-electron chi connectivity index (χ1n) is 5.34. The lowest BCUT2D eigenvalue weighted by Gasteiger charge is -2.18. The van der Waals surface area contributed by atoms with Crippen LogP contribution in [-0.2, 0) is 6.42 Å². The highest BCUT2D eigenvalue weighted by atomic mass is 79.9. The Labute approximate surface area is 119 Å². The first-order chi connectivity index (χ1) is 8.20. The highest BCUT2D eigenvalue weighted by Crippen LogP contribution is 2.29. The summed E-state index contributed by atoms with van der Waals surface area (Å²) in [6, 6.07) is 8.34. The summed E-state index contributed by atoms with van der Waals surface area (Å²) >= 11 is 11.4. The van der Waals surface area contributed by atoms with Crippen molar-refractivity contribution in [3.8, 4) is 0 Å². The van der Waals surface area contributed by atoms with Crippen LogP contribution in [0, 0.1) is 0 Å². The van der Waals surface area contributed by atoms with Crippen molar-refractivity contribution < 1.29 is 0 Å². The molecule has 4 heteroatoms. The fourth-order valence-electron chi connectivity index (χ4n) is 1.79. The van der Waals surface area contributed by atoms with Crippen molar-refractivity contribution in [2.45, 2.75) is 12.5 Å². The van der Waals surface area contributed by atoms with E-state index >= 15 is 0 Å². The Balaban J connectivity index is 2.25. The second-order valence-electron chi connectivity index (χ2n) is 3.84. The normalized spacial score (nSPS) is 12.6. The number of halogens is 2. The summed E-state index contributed by atoms with van der Waals surface area (Å²) in [4.78, 5) is 0. The predicted molar refractivity (Wildman–Crippen MR) is 79.0 cm³/mol. The Morgan fingerprint density at radius 2 is 2.24 bits per heavy atom. The van der Waals surface area contributed by atoms with E-state index in [1.165, 1.54) is 11.1 Å². The minimum atomic E-state index is 0.276. The molecule has 1 aromatic carbocycles. The minimum Gasteiger partial charge on any atom is -0.313 e. The van der Waals surface area contributed by atoms with E-state index in [0.717, 1.165) is 15.9 Å². The molecule has 0 aliphatic rings. The second-order valence-corrected chi connectivity index (χ2v) is 5.91. The molecule has 1 N–H and O–H groups in total. The number of likely N-dealkylation sites (N-methyl/N-ethyl adjacent to an activating group) is 1. The van der Waals surface area contributed by atoms with E-state index in [2.05, 4.69) is 38.1 Å². The van der Waals surface area contributed by atoms with Gasteiger partial charge in [0.15, 0.2) is 0 Å². The summed E-state index contributed by atoms with van der Waals surface area (Å²) in [6.45, 7) is 0. The van der Waals surface area contributed by atoms with Crippen molar-refractivity contribution in [3.63, 3.8) is 0 Å². The van der Waals surface area contributed by atoms with Crippen LogP contribution in [0.25, 0.3) is 0 Å². The zero-order valence-electron chi connectivity index (χ0n) is 9.41. The molecule has 1 nitrogen and oxygen atoms in total. The fraction of sp³-hybridized carbons (Fsp3) is 0.231. The van der Waals surface area contributed by atoms with Crippen LogP contribution in [0.15, 0.2) is 39.5 Å². The Hall–Kier alpha value is -0.350. The fourth-order valence-corrected chi connectivity index (χ4v) is 3.18. The summed E-state index contributed by atoms with van der Waals surface area (Å²) in [5.41, 5.74) is 2.55. The van der Waals surface area contributed by atoms with Crippen LogP contribution in [0.3, 0.4) is 0 Å². The smallest absolute Gasteiger partial charge is 0.0410 e. The van der Waals surface area contributed by atoms with Gasteiger partial charge in [0.25, 0.3) is 0 Å². The quantitative estimate of drug-likeness (QED) is 0.859. The van der Waals surface area contributed by atoms with Crippen molar-refractivity contribution in [1.82, 2.24) is 5.32 Å². The highest BCUT2D eigenvalue weighted by molar-refractivity contribution is 9.10. The molecular weight excluding hydrogens is 318 g/mol. The maximum absolute atomic E-state index is 6.05. The summed E-state index contributed by atoms with van der Waals surface area (Å²) < 4.78 is 1.09. The van der Waals surface area contributed by atoms with Gasteiger partial charge in [-0.05, 0) is 59.6 Å². The summed E-state index contributed by atoms with van der Waals surface area (Å²) in [7, 11) is 1.98. The average Bonchev–Trinajstić information content (AvgIpc) is 2.82. The number of nitrogens with one attached hydrogen (secondary N) is 1. The molecular formula is C13H13BrClNS. The maximum atomic E-state index is 6.05. The molecule has 0 saturated heterocycles. The molecule has 2 aromatic rings. The van der Waals surface area contributed by atoms with Gasteiger partial charge in [-0.2, -0.15) is 11.3 Å². The average molecular weight is 331 g/mol.